The first-order valence-electron chi connectivity index (χ1n) is 4.20. The van der Waals surface area contributed by atoms with E-state index in [-0.39, 0.29) is 6.04 Å². The first kappa shape index (κ1) is 9.92. The molecule has 1 aliphatic heterocycles. The van der Waals surface area contributed by atoms with Crippen molar-refractivity contribution < 1.29 is 10.4 Å². The minimum atomic E-state index is -0.705. The normalized spacial score (nSPS) is 35.8. The quantitative estimate of drug-likeness (QED) is 0.581. The van der Waals surface area contributed by atoms with Crippen LogP contribution in [0.2, 0.25) is 0 Å². The van der Waals surface area contributed by atoms with Crippen LogP contribution in [0.4, 0.5) is 0 Å². The number of rotatable bonds is 0. The average Bonchev–Trinajstić information content (AvgIpc) is 2.06. The molecule has 0 amide bonds. The van der Waals surface area contributed by atoms with Crippen LogP contribution in [0.15, 0.2) is 0 Å². The van der Waals surface area contributed by atoms with E-state index in [4.69, 9.17) is 0 Å². The van der Waals surface area contributed by atoms with Gasteiger partial charge in [-0.2, -0.15) is 10.1 Å². The van der Waals surface area contributed by atoms with Crippen molar-refractivity contribution in [2.45, 2.75) is 51.9 Å². The summed E-state index contributed by atoms with van der Waals surface area (Å²) in [6.07, 6.45) is 0. The smallest absolute Gasteiger partial charge is 0.116 e. The Morgan fingerprint density at radius 2 is 1.50 bits per heavy atom. The zero-order valence-corrected chi connectivity index (χ0v) is 8.37. The van der Waals surface area contributed by atoms with Gasteiger partial charge in [-0.1, -0.05) is 0 Å². The van der Waals surface area contributed by atoms with Crippen molar-refractivity contribution in [1.29, 1.82) is 0 Å². The molecule has 12 heavy (non-hydrogen) atoms. The van der Waals surface area contributed by atoms with Crippen LogP contribution in [0.5, 0.6) is 0 Å². The number of hydrogen-bond acceptors (Lipinski definition) is 4. The molecule has 0 aromatic carbocycles. The van der Waals surface area contributed by atoms with Crippen LogP contribution in [0.3, 0.4) is 0 Å². The number of nitrogens with zero attached hydrogens (tertiary/aromatic N) is 2. The lowest BCUT2D eigenvalue weighted by Crippen LogP contribution is -2.49. The molecule has 0 aliphatic carbocycles. The summed E-state index contributed by atoms with van der Waals surface area (Å²) in [7, 11) is 0. The maximum absolute atomic E-state index is 9.76. The van der Waals surface area contributed by atoms with Crippen molar-refractivity contribution in [2.75, 3.05) is 0 Å². The van der Waals surface area contributed by atoms with E-state index in [2.05, 4.69) is 0 Å². The number of hydrogen-bond donors (Lipinski definition) is 2. The number of hydroxylamine groups is 4. The third kappa shape index (κ3) is 0.992. The van der Waals surface area contributed by atoms with Crippen LogP contribution >= 0.6 is 0 Å². The van der Waals surface area contributed by atoms with Crippen LogP contribution in [-0.2, 0) is 0 Å². The lowest BCUT2D eigenvalue weighted by atomic mass is 9.98. The molecule has 1 aliphatic rings. The Kier molecular flexibility index (Phi) is 2.00. The van der Waals surface area contributed by atoms with E-state index in [0.29, 0.717) is 0 Å². The van der Waals surface area contributed by atoms with Crippen LogP contribution in [0.1, 0.15) is 34.6 Å². The fourth-order valence-corrected chi connectivity index (χ4v) is 1.75. The monoisotopic (exact) mass is 174 g/mol. The van der Waals surface area contributed by atoms with Gasteiger partial charge in [0.2, 0.25) is 0 Å². The predicted molar refractivity (Wildman–Crippen MR) is 44.9 cm³/mol. The maximum atomic E-state index is 9.76. The van der Waals surface area contributed by atoms with Gasteiger partial charge >= 0.3 is 0 Å². The van der Waals surface area contributed by atoms with Gasteiger partial charge in [0.15, 0.2) is 0 Å². The molecule has 4 nitrogen and oxygen atoms in total. The fraction of sp³-hybridized carbons (Fsp3) is 1.00. The van der Waals surface area contributed by atoms with Crippen molar-refractivity contribution in [3.8, 4) is 0 Å². The highest BCUT2D eigenvalue weighted by Gasteiger charge is 2.54. The Morgan fingerprint density at radius 1 is 1.08 bits per heavy atom. The molecule has 1 rings (SSSR count). The molecular formula is C8H18N2O2. The second kappa shape index (κ2) is 2.42. The SMILES string of the molecule is CC1N(O)C(C)(C)N(O)C1(C)C. The minimum Gasteiger partial charge on any atom is -0.312 e. The second-order valence-electron chi connectivity index (χ2n) is 4.48. The lowest BCUT2D eigenvalue weighted by molar-refractivity contribution is -0.259. The summed E-state index contributed by atoms with van der Waals surface area (Å²) in [6.45, 7) is 9.24. The molecule has 1 unspecified atom stereocenters. The third-order valence-electron chi connectivity index (χ3n) is 3.01. The van der Waals surface area contributed by atoms with Gasteiger partial charge in [0, 0.05) is 0 Å². The van der Waals surface area contributed by atoms with Crippen molar-refractivity contribution in [3.05, 3.63) is 0 Å². The van der Waals surface area contributed by atoms with Gasteiger partial charge in [-0.25, -0.2) is 0 Å². The third-order valence-corrected chi connectivity index (χ3v) is 3.01. The molecule has 1 heterocycles. The topological polar surface area (TPSA) is 46.9 Å². The average molecular weight is 174 g/mol. The Bertz CT molecular complexity index is 171. The van der Waals surface area contributed by atoms with Crippen LogP contribution < -0.4 is 0 Å². The molecule has 0 aromatic heterocycles. The van der Waals surface area contributed by atoms with E-state index in [1.54, 1.807) is 13.8 Å². The van der Waals surface area contributed by atoms with Crippen LogP contribution in [0, 0.1) is 0 Å². The molecule has 2 N–H and O–H groups in total. The molecular weight excluding hydrogens is 156 g/mol. The summed E-state index contributed by atoms with van der Waals surface area (Å²) < 4.78 is 0. The van der Waals surface area contributed by atoms with Gasteiger partial charge in [0.1, 0.15) is 5.66 Å². The lowest BCUT2D eigenvalue weighted by Gasteiger charge is -2.33. The van der Waals surface area contributed by atoms with E-state index < -0.39 is 11.2 Å². The molecule has 1 saturated heterocycles. The maximum Gasteiger partial charge on any atom is 0.116 e. The molecule has 0 spiro atoms. The Hall–Kier alpha value is -0.160. The standard InChI is InChI=1S/C8H18N2O2/c1-6-7(2,3)10(12)8(4,5)9(6)11/h6,11-12H,1-5H3. The van der Waals surface area contributed by atoms with E-state index in [1.165, 1.54) is 10.1 Å². The molecule has 72 valence electrons. The Morgan fingerprint density at radius 3 is 1.58 bits per heavy atom. The van der Waals surface area contributed by atoms with E-state index in [0.717, 1.165) is 0 Å². The van der Waals surface area contributed by atoms with Crippen LogP contribution in [0.25, 0.3) is 0 Å². The van der Waals surface area contributed by atoms with Gasteiger partial charge in [0.05, 0.1) is 11.6 Å². The summed E-state index contributed by atoms with van der Waals surface area (Å²) in [5, 5.41) is 21.8. The second-order valence-corrected chi connectivity index (χ2v) is 4.48. The zero-order chi connectivity index (χ0) is 9.73. The molecule has 0 bridgehead atoms. The van der Waals surface area contributed by atoms with Crippen molar-refractivity contribution in [3.63, 3.8) is 0 Å². The summed E-state index contributed by atoms with van der Waals surface area (Å²) >= 11 is 0. The summed E-state index contributed by atoms with van der Waals surface area (Å²) in [5.41, 5.74) is -1.12. The van der Waals surface area contributed by atoms with Gasteiger partial charge in [-0.15, -0.1) is 0 Å². The molecule has 1 atom stereocenters. The summed E-state index contributed by atoms with van der Waals surface area (Å²) in [4.78, 5) is 0. The van der Waals surface area contributed by atoms with Crippen molar-refractivity contribution in [2.24, 2.45) is 0 Å². The highest BCUT2D eigenvalue weighted by atomic mass is 16.6. The molecule has 1 fully saturated rings. The Labute approximate surface area is 73.3 Å². The van der Waals surface area contributed by atoms with Gasteiger partial charge < -0.3 is 10.4 Å². The molecule has 4 heteroatoms. The van der Waals surface area contributed by atoms with Gasteiger partial charge in [-0.3, -0.25) is 0 Å². The molecule has 0 radical (unpaired) electrons. The highest BCUT2D eigenvalue weighted by molar-refractivity contribution is 5.00. The highest BCUT2D eigenvalue weighted by Crippen LogP contribution is 2.38. The first-order valence-corrected chi connectivity index (χ1v) is 4.20. The Balaban J connectivity index is 3.03. The molecule has 0 saturated carbocycles. The van der Waals surface area contributed by atoms with Gasteiger partial charge in [-0.05, 0) is 34.6 Å². The predicted octanol–water partition coefficient (Wildman–Crippen LogP) is 1.29. The zero-order valence-electron chi connectivity index (χ0n) is 8.37. The van der Waals surface area contributed by atoms with E-state index >= 15 is 0 Å². The van der Waals surface area contributed by atoms with Gasteiger partial charge in [0.25, 0.3) is 0 Å². The first-order chi connectivity index (χ1) is 5.22. The van der Waals surface area contributed by atoms with Crippen LogP contribution in [-0.4, -0.2) is 37.8 Å². The largest absolute Gasteiger partial charge is 0.312 e. The summed E-state index contributed by atoms with van der Waals surface area (Å²) in [5.74, 6) is 0. The fourth-order valence-electron chi connectivity index (χ4n) is 1.75. The van der Waals surface area contributed by atoms with E-state index in [9.17, 15) is 10.4 Å². The van der Waals surface area contributed by atoms with Crippen molar-refractivity contribution >= 4 is 0 Å². The molecule has 0 aromatic rings. The van der Waals surface area contributed by atoms with Crippen molar-refractivity contribution in [1.82, 2.24) is 10.1 Å². The van der Waals surface area contributed by atoms with E-state index in [1.807, 2.05) is 20.8 Å². The summed E-state index contributed by atoms with van der Waals surface area (Å²) in [6, 6.07) is -0.0856. The minimum absolute atomic E-state index is 0.0856.